The van der Waals surface area contributed by atoms with Gasteiger partial charge < -0.3 is 9.88 Å². The number of hydrogen-bond donors (Lipinski definition) is 1. The van der Waals surface area contributed by atoms with Crippen molar-refractivity contribution in [3.8, 4) is 11.4 Å². The Balaban J connectivity index is 1.50. The topological polar surface area (TPSA) is 87.0 Å². The Morgan fingerprint density at radius 2 is 2.11 bits per heavy atom. The van der Waals surface area contributed by atoms with E-state index in [0.717, 1.165) is 53.0 Å². The quantitative estimate of drug-likeness (QED) is 0.408. The van der Waals surface area contributed by atoms with E-state index in [1.807, 2.05) is 45.3 Å². The molecule has 4 aromatic heterocycles. The van der Waals surface area contributed by atoms with Crippen LogP contribution in [-0.4, -0.2) is 39.8 Å². The van der Waals surface area contributed by atoms with E-state index in [9.17, 15) is 4.79 Å². The van der Waals surface area contributed by atoms with Gasteiger partial charge in [-0.3, -0.25) is 13.6 Å². The molecule has 7 rings (SSSR count). The molecule has 1 fully saturated rings. The number of aryl methyl sites for hydroxylation is 1. The summed E-state index contributed by atoms with van der Waals surface area (Å²) in [4.78, 5) is 22.4. The summed E-state index contributed by atoms with van der Waals surface area (Å²) in [5.74, 6) is 0.517. The monoisotopic (exact) mass is 486 g/mol. The standard InChI is InChI=1S/C25H23ClN8O/c1-31-14-27-11-20(31)22-21-23-29-8-9-32(23)25(35)33(12-15-2-3-15)24(21)30-34(22)13-16-6-7-28-19-5-4-17(26)10-18(16)19/h4-6,8-11,14-15,28H,2-3,7,12-13H2,1H3. The van der Waals surface area contributed by atoms with Gasteiger partial charge >= 0.3 is 5.69 Å². The minimum absolute atomic E-state index is 0.101. The number of nitrogens with zero attached hydrogens (tertiary/aromatic N) is 7. The summed E-state index contributed by atoms with van der Waals surface area (Å²) in [5, 5.41) is 10.0. The lowest BCUT2D eigenvalue weighted by Gasteiger charge is -2.20. The van der Waals surface area contributed by atoms with Crippen molar-refractivity contribution in [1.82, 2.24) is 33.3 Å². The second-order valence-electron chi connectivity index (χ2n) is 9.35. The SMILES string of the molecule is Cn1cncc1-c1c2c(nn1CC1=CCNc3ccc(Cl)cc31)n(CC1CC1)c(=O)n1ccnc21. The predicted molar refractivity (Wildman–Crippen MR) is 136 cm³/mol. The average molecular weight is 487 g/mol. The summed E-state index contributed by atoms with van der Waals surface area (Å²) >= 11 is 6.35. The van der Waals surface area contributed by atoms with Crippen LogP contribution in [0.25, 0.3) is 33.6 Å². The van der Waals surface area contributed by atoms with Crippen molar-refractivity contribution in [1.29, 1.82) is 0 Å². The van der Waals surface area contributed by atoms with E-state index in [2.05, 4.69) is 21.4 Å². The van der Waals surface area contributed by atoms with Crippen LogP contribution in [0.3, 0.4) is 0 Å². The van der Waals surface area contributed by atoms with Crippen LogP contribution < -0.4 is 11.0 Å². The average Bonchev–Trinajstić information content (AvgIpc) is 3.20. The largest absolute Gasteiger partial charge is 0.381 e. The third-order valence-corrected chi connectivity index (χ3v) is 7.21. The van der Waals surface area contributed by atoms with Gasteiger partial charge in [-0.15, -0.1) is 0 Å². The number of imidazole rings is 2. The first-order chi connectivity index (χ1) is 17.1. The van der Waals surface area contributed by atoms with E-state index < -0.39 is 0 Å². The molecule has 0 radical (unpaired) electrons. The first-order valence-corrected chi connectivity index (χ1v) is 12.1. The van der Waals surface area contributed by atoms with Crippen LogP contribution in [0.1, 0.15) is 18.4 Å². The molecule has 1 aromatic carbocycles. The summed E-state index contributed by atoms with van der Waals surface area (Å²) in [7, 11) is 1.97. The van der Waals surface area contributed by atoms with Gasteiger partial charge in [0.25, 0.3) is 0 Å². The number of fused-ring (bicyclic) bond motifs is 4. The zero-order valence-electron chi connectivity index (χ0n) is 19.1. The smallest absolute Gasteiger partial charge is 0.335 e. The van der Waals surface area contributed by atoms with Gasteiger partial charge in [0.15, 0.2) is 11.3 Å². The van der Waals surface area contributed by atoms with E-state index >= 15 is 0 Å². The second kappa shape index (κ2) is 7.58. The fourth-order valence-electron chi connectivity index (χ4n) is 5.03. The number of anilines is 1. The molecule has 1 aliphatic heterocycles. The third-order valence-electron chi connectivity index (χ3n) is 6.98. The Bertz CT molecular complexity index is 1710. The highest BCUT2D eigenvalue weighted by molar-refractivity contribution is 6.30. The molecule has 2 aliphatic rings. The highest BCUT2D eigenvalue weighted by Gasteiger charge is 2.28. The summed E-state index contributed by atoms with van der Waals surface area (Å²) in [6, 6.07) is 5.89. The van der Waals surface area contributed by atoms with Crippen LogP contribution in [0, 0.1) is 5.92 Å². The molecule has 1 saturated carbocycles. The summed E-state index contributed by atoms with van der Waals surface area (Å²) in [5.41, 5.74) is 6.20. The predicted octanol–water partition coefficient (Wildman–Crippen LogP) is 3.82. The maximum Gasteiger partial charge on any atom is 0.335 e. The summed E-state index contributed by atoms with van der Waals surface area (Å²) in [6.07, 6.45) is 11.5. The molecule has 0 unspecified atom stereocenters. The molecule has 0 atom stereocenters. The van der Waals surface area contributed by atoms with Gasteiger partial charge in [0.05, 0.1) is 35.8 Å². The molecule has 1 aliphatic carbocycles. The van der Waals surface area contributed by atoms with Gasteiger partial charge in [0.2, 0.25) is 0 Å². The molecular formula is C25H23ClN8O. The van der Waals surface area contributed by atoms with Gasteiger partial charge in [-0.05, 0) is 42.5 Å². The van der Waals surface area contributed by atoms with Crippen LogP contribution in [0.15, 0.2) is 54.0 Å². The molecular weight excluding hydrogens is 464 g/mol. The first kappa shape index (κ1) is 20.5. The highest BCUT2D eigenvalue weighted by Crippen LogP contribution is 2.36. The maximum atomic E-state index is 13.4. The summed E-state index contributed by atoms with van der Waals surface area (Å²) < 4.78 is 7.42. The van der Waals surface area contributed by atoms with Crippen molar-refractivity contribution in [2.45, 2.75) is 25.9 Å². The fraction of sp³-hybridized carbons (Fsp3) is 0.280. The lowest BCUT2D eigenvalue weighted by molar-refractivity contribution is 0.596. The number of rotatable bonds is 5. The number of allylic oxidation sites excluding steroid dienone is 1. The minimum Gasteiger partial charge on any atom is -0.381 e. The van der Waals surface area contributed by atoms with Gasteiger partial charge in [-0.1, -0.05) is 17.7 Å². The number of benzene rings is 1. The molecule has 176 valence electrons. The second-order valence-corrected chi connectivity index (χ2v) is 9.79. The summed E-state index contributed by atoms with van der Waals surface area (Å²) in [6.45, 7) is 1.91. The highest BCUT2D eigenvalue weighted by atomic mass is 35.5. The van der Waals surface area contributed by atoms with Crippen molar-refractivity contribution in [3.63, 3.8) is 0 Å². The van der Waals surface area contributed by atoms with Gasteiger partial charge in [0, 0.05) is 48.8 Å². The number of nitrogens with one attached hydrogen (secondary N) is 1. The van der Waals surface area contributed by atoms with E-state index in [1.54, 1.807) is 23.1 Å². The van der Waals surface area contributed by atoms with Gasteiger partial charge in [0.1, 0.15) is 0 Å². The van der Waals surface area contributed by atoms with Crippen LogP contribution in [0.5, 0.6) is 0 Å². The van der Waals surface area contributed by atoms with Gasteiger partial charge in [-0.25, -0.2) is 14.8 Å². The van der Waals surface area contributed by atoms with Gasteiger partial charge in [-0.2, -0.15) is 5.10 Å². The molecule has 10 heteroatoms. The van der Waals surface area contributed by atoms with Crippen LogP contribution in [0.4, 0.5) is 5.69 Å². The molecule has 0 saturated heterocycles. The third kappa shape index (κ3) is 3.22. The Labute approximate surface area is 205 Å². The maximum absolute atomic E-state index is 13.4. The molecule has 0 spiro atoms. The van der Waals surface area contributed by atoms with Crippen LogP contribution in [0.2, 0.25) is 5.02 Å². The van der Waals surface area contributed by atoms with E-state index in [-0.39, 0.29) is 5.69 Å². The molecule has 0 bridgehead atoms. The molecule has 0 amide bonds. The fourth-order valence-corrected chi connectivity index (χ4v) is 5.20. The molecule has 35 heavy (non-hydrogen) atoms. The number of hydrogen-bond acceptors (Lipinski definition) is 5. The zero-order valence-corrected chi connectivity index (χ0v) is 19.9. The van der Waals surface area contributed by atoms with E-state index in [0.29, 0.717) is 35.3 Å². The minimum atomic E-state index is -0.101. The van der Waals surface area contributed by atoms with Crippen molar-refractivity contribution < 1.29 is 0 Å². The van der Waals surface area contributed by atoms with E-state index in [4.69, 9.17) is 16.7 Å². The van der Waals surface area contributed by atoms with Crippen LogP contribution in [-0.2, 0) is 20.1 Å². The Morgan fingerprint density at radius 1 is 1.23 bits per heavy atom. The van der Waals surface area contributed by atoms with Crippen molar-refractivity contribution in [2.75, 3.05) is 11.9 Å². The lowest BCUT2D eigenvalue weighted by atomic mass is 10.0. The Morgan fingerprint density at radius 3 is 2.91 bits per heavy atom. The lowest BCUT2D eigenvalue weighted by Crippen LogP contribution is -2.27. The normalized spacial score (nSPS) is 15.4. The van der Waals surface area contributed by atoms with Crippen molar-refractivity contribution >= 4 is 39.5 Å². The number of aromatic nitrogens is 7. The molecule has 5 aromatic rings. The van der Waals surface area contributed by atoms with Crippen molar-refractivity contribution in [2.24, 2.45) is 13.0 Å². The first-order valence-electron chi connectivity index (χ1n) is 11.7. The molecule has 5 heterocycles. The van der Waals surface area contributed by atoms with Crippen LogP contribution >= 0.6 is 11.6 Å². The Kier molecular flexibility index (Phi) is 4.44. The van der Waals surface area contributed by atoms with E-state index in [1.165, 1.54) is 0 Å². The zero-order chi connectivity index (χ0) is 23.7. The van der Waals surface area contributed by atoms with Crippen molar-refractivity contribution in [3.05, 3.63) is 70.3 Å². The Hall–Kier alpha value is -3.85. The molecule has 1 N–H and O–H groups in total. The molecule has 9 nitrogen and oxygen atoms in total. The number of halogens is 1.